The van der Waals surface area contributed by atoms with Crippen LogP contribution < -0.4 is 0 Å². The summed E-state index contributed by atoms with van der Waals surface area (Å²) in [5, 5.41) is 10.7. The zero-order chi connectivity index (χ0) is 14.9. The molecule has 0 aliphatic heterocycles. The van der Waals surface area contributed by atoms with Crippen LogP contribution in [0.4, 0.5) is 0 Å². The summed E-state index contributed by atoms with van der Waals surface area (Å²) < 4.78 is 26.5. The SMILES string of the molecule is CC(CN(C)S(=O)(=O)c1cnc2ccsc2c1)C(=O)O. The van der Waals surface area contributed by atoms with E-state index in [1.165, 1.54) is 31.5 Å². The fourth-order valence-corrected chi connectivity index (χ4v) is 3.80. The van der Waals surface area contributed by atoms with Crippen LogP contribution >= 0.6 is 11.3 Å². The van der Waals surface area contributed by atoms with Gasteiger partial charge in [-0.05, 0) is 17.5 Å². The van der Waals surface area contributed by atoms with Crippen molar-refractivity contribution in [2.75, 3.05) is 13.6 Å². The van der Waals surface area contributed by atoms with E-state index in [1.54, 1.807) is 6.07 Å². The molecule has 1 atom stereocenters. The highest BCUT2D eigenvalue weighted by Gasteiger charge is 2.25. The summed E-state index contributed by atoms with van der Waals surface area (Å²) >= 11 is 1.41. The summed E-state index contributed by atoms with van der Waals surface area (Å²) in [5.74, 6) is -1.80. The van der Waals surface area contributed by atoms with Crippen LogP contribution in [0.3, 0.4) is 0 Å². The van der Waals surface area contributed by atoms with Crippen LogP contribution in [0.1, 0.15) is 6.92 Å². The molecular weight excluding hydrogens is 300 g/mol. The standard InChI is InChI=1S/C12H14N2O4S2/c1-8(12(15)16)7-14(2)20(17,18)9-5-11-10(13-6-9)3-4-19-11/h3-6,8H,7H2,1-2H3,(H,15,16). The summed E-state index contributed by atoms with van der Waals surface area (Å²) in [6, 6.07) is 3.37. The van der Waals surface area contributed by atoms with E-state index in [9.17, 15) is 13.2 Å². The Morgan fingerprint density at radius 1 is 1.55 bits per heavy atom. The Kier molecular flexibility index (Phi) is 4.07. The molecule has 0 radical (unpaired) electrons. The number of rotatable bonds is 5. The average Bonchev–Trinajstić information content (AvgIpc) is 2.85. The number of thiophene rings is 1. The molecule has 1 unspecified atom stereocenters. The van der Waals surface area contributed by atoms with Gasteiger partial charge in [0.1, 0.15) is 4.90 Å². The predicted molar refractivity (Wildman–Crippen MR) is 76.2 cm³/mol. The second-order valence-corrected chi connectivity index (χ2v) is 7.49. The lowest BCUT2D eigenvalue weighted by molar-refractivity contribution is -0.141. The number of fused-ring (bicyclic) bond motifs is 1. The molecule has 2 rings (SSSR count). The molecule has 2 aromatic heterocycles. The normalized spacial score (nSPS) is 13.8. The molecule has 0 amide bonds. The predicted octanol–water partition coefficient (Wildman–Crippen LogP) is 1.64. The van der Waals surface area contributed by atoms with Crippen molar-refractivity contribution >= 4 is 37.5 Å². The molecule has 6 nitrogen and oxygen atoms in total. The molecule has 20 heavy (non-hydrogen) atoms. The molecule has 1 N–H and O–H groups in total. The summed E-state index contributed by atoms with van der Waals surface area (Å²) in [4.78, 5) is 15.0. The third-order valence-electron chi connectivity index (χ3n) is 2.94. The van der Waals surface area contributed by atoms with Crippen molar-refractivity contribution in [1.29, 1.82) is 0 Å². The number of carboxylic acids is 1. The van der Waals surface area contributed by atoms with Gasteiger partial charge in [-0.15, -0.1) is 11.3 Å². The number of sulfonamides is 1. The first-order valence-electron chi connectivity index (χ1n) is 5.85. The number of aromatic nitrogens is 1. The lowest BCUT2D eigenvalue weighted by atomic mass is 10.2. The van der Waals surface area contributed by atoms with Gasteiger partial charge in [-0.3, -0.25) is 9.78 Å². The maximum absolute atomic E-state index is 12.4. The average molecular weight is 314 g/mol. The molecule has 0 aliphatic carbocycles. The number of hydrogen-bond donors (Lipinski definition) is 1. The zero-order valence-electron chi connectivity index (χ0n) is 11.0. The van der Waals surface area contributed by atoms with E-state index in [4.69, 9.17) is 5.11 Å². The maximum Gasteiger partial charge on any atom is 0.307 e. The number of carboxylic acid groups (broad SMARTS) is 1. The third-order valence-corrected chi connectivity index (χ3v) is 5.58. The van der Waals surface area contributed by atoms with E-state index >= 15 is 0 Å². The van der Waals surface area contributed by atoms with E-state index in [0.29, 0.717) is 0 Å². The monoisotopic (exact) mass is 314 g/mol. The first-order valence-corrected chi connectivity index (χ1v) is 8.16. The molecule has 0 aromatic carbocycles. The van der Waals surface area contributed by atoms with E-state index < -0.39 is 21.9 Å². The Morgan fingerprint density at radius 2 is 2.25 bits per heavy atom. The highest BCUT2D eigenvalue weighted by Crippen LogP contribution is 2.23. The van der Waals surface area contributed by atoms with Gasteiger partial charge in [-0.2, -0.15) is 0 Å². The van der Waals surface area contributed by atoms with Gasteiger partial charge in [0.15, 0.2) is 0 Å². The minimum absolute atomic E-state index is 0.0764. The van der Waals surface area contributed by atoms with Gasteiger partial charge in [-0.25, -0.2) is 12.7 Å². The number of nitrogens with zero attached hydrogens (tertiary/aromatic N) is 2. The molecule has 0 saturated heterocycles. The molecule has 8 heteroatoms. The number of carbonyl (C=O) groups is 1. The van der Waals surface area contributed by atoms with Gasteiger partial charge in [0.05, 0.1) is 16.1 Å². The summed E-state index contributed by atoms with van der Waals surface area (Å²) in [6.07, 6.45) is 1.30. The molecule has 0 bridgehead atoms. The van der Waals surface area contributed by atoms with E-state index in [0.717, 1.165) is 14.5 Å². The van der Waals surface area contributed by atoms with Crippen LogP contribution in [-0.2, 0) is 14.8 Å². The van der Waals surface area contributed by atoms with Gasteiger partial charge in [0.2, 0.25) is 10.0 Å². The Bertz CT molecular complexity index is 739. The highest BCUT2D eigenvalue weighted by molar-refractivity contribution is 7.89. The number of pyridine rings is 1. The molecule has 0 fully saturated rings. The molecule has 0 aliphatic rings. The molecule has 0 spiro atoms. The van der Waals surface area contributed by atoms with Gasteiger partial charge in [0.25, 0.3) is 0 Å². The second-order valence-electron chi connectivity index (χ2n) is 4.50. The van der Waals surface area contributed by atoms with Crippen molar-refractivity contribution in [2.24, 2.45) is 5.92 Å². The van der Waals surface area contributed by atoms with E-state index in [1.807, 2.05) is 11.4 Å². The Labute approximate surface area is 120 Å². The van der Waals surface area contributed by atoms with Crippen LogP contribution in [0.2, 0.25) is 0 Å². The number of aliphatic carboxylic acids is 1. The van der Waals surface area contributed by atoms with Gasteiger partial charge >= 0.3 is 5.97 Å². The minimum Gasteiger partial charge on any atom is -0.481 e. The van der Waals surface area contributed by atoms with E-state index in [-0.39, 0.29) is 11.4 Å². The Balaban J connectivity index is 2.31. The highest BCUT2D eigenvalue weighted by atomic mass is 32.2. The molecule has 108 valence electrons. The van der Waals surface area contributed by atoms with Crippen molar-refractivity contribution < 1.29 is 18.3 Å². The second kappa shape index (κ2) is 5.47. The van der Waals surface area contributed by atoms with Gasteiger partial charge in [0, 0.05) is 19.8 Å². The number of hydrogen-bond acceptors (Lipinski definition) is 5. The Morgan fingerprint density at radius 3 is 2.90 bits per heavy atom. The van der Waals surface area contributed by atoms with Crippen LogP contribution in [0.15, 0.2) is 28.6 Å². The van der Waals surface area contributed by atoms with Crippen molar-refractivity contribution in [3.05, 3.63) is 23.7 Å². The fourth-order valence-electron chi connectivity index (χ4n) is 1.71. The largest absolute Gasteiger partial charge is 0.481 e. The molecule has 0 saturated carbocycles. The molecule has 2 aromatic rings. The molecule has 2 heterocycles. The smallest absolute Gasteiger partial charge is 0.307 e. The van der Waals surface area contributed by atoms with E-state index in [2.05, 4.69) is 4.98 Å². The summed E-state index contributed by atoms with van der Waals surface area (Å²) in [5.41, 5.74) is 0.746. The van der Waals surface area contributed by atoms with Crippen LogP contribution in [0.5, 0.6) is 0 Å². The fraction of sp³-hybridized carbons (Fsp3) is 0.333. The van der Waals surface area contributed by atoms with Crippen LogP contribution in [-0.4, -0.2) is 42.4 Å². The first-order chi connectivity index (χ1) is 9.32. The van der Waals surface area contributed by atoms with Gasteiger partial charge < -0.3 is 5.11 Å². The van der Waals surface area contributed by atoms with Gasteiger partial charge in [-0.1, -0.05) is 6.92 Å². The van der Waals surface area contributed by atoms with Crippen molar-refractivity contribution in [3.8, 4) is 0 Å². The zero-order valence-corrected chi connectivity index (χ0v) is 12.6. The minimum atomic E-state index is -3.72. The van der Waals surface area contributed by atoms with Crippen LogP contribution in [0.25, 0.3) is 10.2 Å². The van der Waals surface area contributed by atoms with Crippen molar-refractivity contribution in [1.82, 2.24) is 9.29 Å². The van der Waals surface area contributed by atoms with Crippen LogP contribution in [0, 0.1) is 5.92 Å². The first kappa shape index (κ1) is 14.9. The summed E-state index contributed by atoms with van der Waals surface area (Å²) in [6.45, 7) is 1.38. The molecular formula is C12H14N2O4S2. The lowest BCUT2D eigenvalue weighted by Crippen LogP contribution is -2.33. The van der Waals surface area contributed by atoms with Crippen molar-refractivity contribution in [2.45, 2.75) is 11.8 Å². The lowest BCUT2D eigenvalue weighted by Gasteiger charge is -2.19. The summed E-state index contributed by atoms with van der Waals surface area (Å²) in [7, 11) is -2.35. The quantitative estimate of drug-likeness (QED) is 0.906. The third kappa shape index (κ3) is 2.82. The topological polar surface area (TPSA) is 87.6 Å². The van der Waals surface area contributed by atoms with Crippen molar-refractivity contribution in [3.63, 3.8) is 0 Å². The maximum atomic E-state index is 12.4. The Hall–Kier alpha value is -1.51.